The summed E-state index contributed by atoms with van der Waals surface area (Å²) in [5, 5.41) is 9.22. The Morgan fingerprint density at radius 1 is 1.18 bits per heavy atom. The SMILES string of the molecule is CS(=O)(=O)NC1CCN(C(=O)CO)C1CO[C@H]1CC[C@@H](c2ccccc2)CC1. The predicted molar refractivity (Wildman–Crippen MR) is 106 cm³/mol. The molecular formula is C20H30N2O5S. The van der Waals surface area contributed by atoms with E-state index in [-0.39, 0.29) is 30.7 Å². The fourth-order valence-corrected chi connectivity index (χ4v) is 5.22. The first-order valence-electron chi connectivity index (χ1n) is 9.91. The molecule has 156 valence electrons. The molecule has 1 saturated heterocycles. The van der Waals surface area contributed by atoms with Gasteiger partial charge in [-0.3, -0.25) is 4.79 Å². The highest BCUT2D eigenvalue weighted by Crippen LogP contribution is 2.34. The van der Waals surface area contributed by atoms with Crippen LogP contribution in [0.2, 0.25) is 0 Å². The van der Waals surface area contributed by atoms with Crippen molar-refractivity contribution in [1.29, 1.82) is 0 Å². The van der Waals surface area contributed by atoms with E-state index in [0.717, 1.165) is 31.9 Å². The second-order valence-corrected chi connectivity index (χ2v) is 9.60. The molecule has 1 aromatic rings. The van der Waals surface area contributed by atoms with Crippen molar-refractivity contribution in [3.8, 4) is 0 Å². The third-order valence-corrected chi connectivity index (χ3v) is 6.55. The van der Waals surface area contributed by atoms with E-state index in [0.29, 0.717) is 18.9 Å². The molecule has 8 heteroatoms. The monoisotopic (exact) mass is 410 g/mol. The number of benzene rings is 1. The normalized spacial score (nSPS) is 28.4. The molecule has 1 amide bonds. The molecule has 0 radical (unpaired) electrons. The zero-order valence-corrected chi connectivity index (χ0v) is 17.1. The van der Waals surface area contributed by atoms with Gasteiger partial charge in [-0.15, -0.1) is 0 Å². The van der Waals surface area contributed by atoms with Gasteiger partial charge in [0, 0.05) is 12.6 Å². The molecule has 0 spiro atoms. The second-order valence-electron chi connectivity index (χ2n) is 7.82. The summed E-state index contributed by atoms with van der Waals surface area (Å²) in [4.78, 5) is 13.6. The lowest BCUT2D eigenvalue weighted by Gasteiger charge is -2.32. The molecule has 1 saturated carbocycles. The molecule has 1 aromatic carbocycles. The number of nitrogens with zero attached hydrogens (tertiary/aromatic N) is 1. The van der Waals surface area contributed by atoms with Crippen LogP contribution in [0.4, 0.5) is 0 Å². The van der Waals surface area contributed by atoms with Crippen LogP contribution in [0.5, 0.6) is 0 Å². The zero-order valence-electron chi connectivity index (χ0n) is 16.3. The summed E-state index contributed by atoms with van der Waals surface area (Å²) in [5.74, 6) is 0.166. The van der Waals surface area contributed by atoms with Gasteiger partial charge in [0.05, 0.1) is 25.0 Å². The Morgan fingerprint density at radius 2 is 1.86 bits per heavy atom. The van der Waals surface area contributed by atoms with E-state index in [2.05, 4.69) is 29.0 Å². The number of rotatable bonds is 7. The molecule has 1 aliphatic carbocycles. The number of aliphatic hydroxyl groups excluding tert-OH is 1. The minimum absolute atomic E-state index is 0.116. The number of carbonyl (C=O) groups excluding carboxylic acids is 1. The number of ether oxygens (including phenoxy) is 1. The Labute approximate surface area is 167 Å². The summed E-state index contributed by atoms with van der Waals surface area (Å²) >= 11 is 0. The van der Waals surface area contributed by atoms with Gasteiger partial charge in [-0.25, -0.2) is 13.1 Å². The number of sulfonamides is 1. The first kappa shape index (κ1) is 21.2. The zero-order chi connectivity index (χ0) is 20.1. The van der Waals surface area contributed by atoms with Gasteiger partial charge in [-0.1, -0.05) is 30.3 Å². The van der Waals surface area contributed by atoms with Crippen molar-refractivity contribution < 1.29 is 23.1 Å². The molecular weight excluding hydrogens is 380 g/mol. The first-order chi connectivity index (χ1) is 13.4. The van der Waals surface area contributed by atoms with Gasteiger partial charge in [0.2, 0.25) is 15.9 Å². The molecule has 0 bridgehead atoms. The highest BCUT2D eigenvalue weighted by Gasteiger charge is 2.39. The van der Waals surface area contributed by atoms with Gasteiger partial charge >= 0.3 is 0 Å². The van der Waals surface area contributed by atoms with Crippen molar-refractivity contribution in [2.24, 2.45) is 0 Å². The third-order valence-electron chi connectivity index (χ3n) is 5.81. The van der Waals surface area contributed by atoms with Crippen LogP contribution in [0.3, 0.4) is 0 Å². The summed E-state index contributed by atoms with van der Waals surface area (Å²) in [5.41, 5.74) is 1.37. The van der Waals surface area contributed by atoms with E-state index < -0.39 is 16.6 Å². The van der Waals surface area contributed by atoms with Crippen LogP contribution in [0.1, 0.15) is 43.6 Å². The molecule has 2 aliphatic rings. The minimum atomic E-state index is -3.38. The summed E-state index contributed by atoms with van der Waals surface area (Å²) in [7, 11) is -3.38. The molecule has 7 nitrogen and oxygen atoms in total. The Kier molecular flexibility index (Phi) is 7.09. The highest BCUT2D eigenvalue weighted by molar-refractivity contribution is 7.88. The maximum Gasteiger partial charge on any atom is 0.248 e. The summed E-state index contributed by atoms with van der Waals surface area (Å²) in [6.07, 6.45) is 5.77. The Morgan fingerprint density at radius 3 is 2.46 bits per heavy atom. The summed E-state index contributed by atoms with van der Waals surface area (Å²) in [6, 6.07) is 9.74. The van der Waals surface area contributed by atoms with E-state index in [9.17, 15) is 18.3 Å². The lowest BCUT2D eigenvalue weighted by molar-refractivity contribution is -0.137. The standard InChI is InChI=1S/C20H30N2O5S/c1-28(25,26)21-18-11-12-22(20(24)13-23)19(18)14-27-17-9-7-16(8-10-17)15-5-3-2-4-6-15/h2-6,16-19,21,23H,7-14H2,1H3/t16-,17+,18?,19?. The van der Waals surface area contributed by atoms with Crippen LogP contribution < -0.4 is 4.72 Å². The van der Waals surface area contributed by atoms with Gasteiger partial charge < -0.3 is 14.7 Å². The quantitative estimate of drug-likeness (QED) is 0.705. The lowest BCUT2D eigenvalue weighted by Crippen LogP contribution is -2.50. The number of amides is 1. The van der Waals surface area contributed by atoms with E-state index in [4.69, 9.17) is 4.74 Å². The van der Waals surface area contributed by atoms with Gasteiger partial charge in [-0.2, -0.15) is 0 Å². The number of hydrogen-bond donors (Lipinski definition) is 2. The average molecular weight is 411 g/mol. The number of likely N-dealkylation sites (tertiary alicyclic amines) is 1. The number of aliphatic hydroxyl groups is 1. The molecule has 2 fully saturated rings. The number of hydrogen-bond acceptors (Lipinski definition) is 5. The topological polar surface area (TPSA) is 95.9 Å². The van der Waals surface area contributed by atoms with Crippen molar-refractivity contribution in [2.45, 2.75) is 56.2 Å². The van der Waals surface area contributed by atoms with Crippen molar-refractivity contribution >= 4 is 15.9 Å². The van der Waals surface area contributed by atoms with Gasteiger partial charge in [-0.05, 0) is 43.6 Å². The van der Waals surface area contributed by atoms with E-state index >= 15 is 0 Å². The average Bonchev–Trinajstić information content (AvgIpc) is 3.07. The van der Waals surface area contributed by atoms with Crippen LogP contribution in [0.15, 0.2) is 30.3 Å². The highest BCUT2D eigenvalue weighted by atomic mass is 32.2. The predicted octanol–water partition coefficient (Wildman–Crippen LogP) is 1.24. The third kappa shape index (κ3) is 5.53. The fraction of sp³-hybridized carbons (Fsp3) is 0.650. The molecule has 2 unspecified atom stereocenters. The summed E-state index contributed by atoms with van der Waals surface area (Å²) in [6.45, 7) is 0.116. The van der Waals surface area contributed by atoms with Crippen molar-refractivity contribution in [3.63, 3.8) is 0 Å². The number of nitrogens with one attached hydrogen (secondary N) is 1. The van der Waals surface area contributed by atoms with Crippen LogP contribution in [-0.2, 0) is 19.6 Å². The van der Waals surface area contributed by atoms with Crippen molar-refractivity contribution in [3.05, 3.63) is 35.9 Å². The molecule has 2 atom stereocenters. The van der Waals surface area contributed by atoms with Gasteiger partial charge in [0.15, 0.2) is 0 Å². The number of carbonyl (C=O) groups is 1. The van der Waals surface area contributed by atoms with Crippen LogP contribution in [0.25, 0.3) is 0 Å². The smallest absolute Gasteiger partial charge is 0.248 e. The molecule has 1 heterocycles. The van der Waals surface area contributed by atoms with Crippen molar-refractivity contribution in [1.82, 2.24) is 9.62 Å². The first-order valence-corrected chi connectivity index (χ1v) is 11.8. The van der Waals surface area contributed by atoms with Crippen molar-refractivity contribution in [2.75, 3.05) is 26.0 Å². The Balaban J connectivity index is 1.55. The molecule has 0 aromatic heterocycles. The minimum Gasteiger partial charge on any atom is -0.387 e. The van der Waals surface area contributed by atoms with Gasteiger partial charge in [0.25, 0.3) is 0 Å². The fourth-order valence-electron chi connectivity index (χ4n) is 4.40. The molecule has 2 N–H and O–H groups in total. The maximum absolute atomic E-state index is 12.0. The Hall–Kier alpha value is -1.48. The second kappa shape index (κ2) is 9.35. The molecule has 3 rings (SSSR count). The maximum atomic E-state index is 12.0. The van der Waals surface area contributed by atoms with Crippen LogP contribution >= 0.6 is 0 Å². The lowest BCUT2D eigenvalue weighted by atomic mass is 9.83. The van der Waals surface area contributed by atoms with E-state index in [1.165, 1.54) is 5.56 Å². The molecule has 1 aliphatic heterocycles. The van der Waals surface area contributed by atoms with Gasteiger partial charge in [0.1, 0.15) is 6.61 Å². The van der Waals surface area contributed by atoms with Crippen LogP contribution in [-0.4, -0.2) is 68.5 Å². The largest absolute Gasteiger partial charge is 0.387 e. The van der Waals surface area contributed by atoms with Crippen LogP contribution in [0, 0.1) is 0 Å². The molecule has 28 heavy (non-hydrogen) atoms. The van der Waals surface area contributed by atoms with E-state index in [1.54, 1.807) is 4.90 Å². The van der Waals surface area contributed by atoms with E-state index in [1.807, 2.05) is 6.07 Å². The Bertz CT molecular complexity index is 747. The summed E-state index contributed by atoms with van der Waals surface area (Å²) < 4.78 is 32.0.